The Balaban J connectivity index is 1.76. The number of methoxy groups -OCH3 is 1. The van der Waals surface area contributed by atoms with Crippen LogP contribution >= 0.6 is 0 Å². The molecular formula is C19H30N4O. The van der Waals surface area contributed by atoms with E-state index in [9.17, 15) is 0 Å². The summed E-state index contributed by atoms with van der Waals surface area (Å²) in [6, 6.07) is 4.23. The first-order valence-corrected chi connectivity index (χ1v) is 8.88. The lowest BCUT2D eigenvalue weighted by molar-refractivity contribution is 0.0937. The molecule has 3 rings (SSSR count). The standard InChI is InChI=1S/C19H30N4O/c1-19(2,3)17-16(15-6-5-7-20-18(15)21-17)14-23-10-8-22(9-11-23)12-13-24-4/h5-7H,8-14H2,1-4H3,(H,20,21). The maximum absolute atomic E-state index is 5.19. The number of fused-ring (bicyclic) bond motifs is 1. The van der Waals surface area contributed by atoms with E-state index >= 15 is 0 Å². The van der Waals surface area contributed by atoms with Crippen molar-refractivity contribution in [3.05, 3.63) is 29.6 Å². The first kappa shape index (κ1) is 17.4. The summed E-state index contributed by atoms with van der Waals surface area (Å²) in [5, 5.41) is 1.27. The predicted molar refractivity (Wildman–Crippen MR) is 98.4 cm³/mol. The number of ether oxygens (including phenoxy) is 1. The van der Waals surface area contributed by atoms with Gasteiger partial charge in [-0.25, -0.2) is 4.98 Å². The zero-order valence-corrected chi connectivity index (χ0v) is 15.4. The minimum atomic E-state index is 0.0936. The molecule has 1 aliphatic heterocycles. The average molecular weight is 330 g/mol. The van der Waals surface area contributed by atoms with E-state index in [0.717, 1.165) is 51.5 Å². The van der Waals surface area contributed by atoms with E-state index < -0.39 is 0 Å². The van der Waals surface area contributed by atoms with Gasteiger partial charge in [0.25, 0.3) is 0 Å². The molecule has 0 aliphatic carbocycles. The maximum atomic E-state index is 5.19. The SMILES string of the molecule is COCCN1CCN(Cc2c(C(C)(C)C)[nH]c3ncccc23)CC1. The minimum Gasteiger partial charge on any atom is -0.383 e. The predicted octanol–water partition coefficient (Wildman–Crippen LogP) is 2.62. The van der Waals surface area contributed by atoms with Crippen molar-refractivity contribution in [2.75, 3.05) is 46.4 Å². The van der Waals surface area contributed by atoms with Gasteiger partial charge in [0.05, 0.1) is 6.61 Å². The van der Waals surface area contributed by atoms with Gasteiger partial charge < -0.3 is 9.72 Å². The highest BCUT2D eigenvalue weighted by Crippen LogP contribution is 2.31. The molecule has 2 aromatic rings. The lowest BCUT2D eigenvalue weighted by Gasteiger charge is -2.35. The molecule has 5 nitrogen and oxygen atoms in total. The zero-order valence-electron chi connectivity index (χ0n) is 15.4. The van der Waals surface area contributed by atoms with Crippen LogP contribution in [0.1, 0.15) is 32.0 Å². The third-order valence-electron chi connectivity index (χ3n) is 4.89. The van der Waals surface area contributed by atoms with Crippen LogP contribution in [0.4, 0.5) is 0 Å². The highest BCUT2D eigenvalue weighted by Gasteiger charge is 2.25. The number of hydrogen-bond acceptors (Lipinski definition) is 4. The monoisotopic (exact) mass is 330 g/mol. The van der Waals surface area contributed by atoms with Crippen LogP contribution in [-0.2, 0) is 16.7 Å². The fraction of sp³-hybridized carbons (Fsp3) is 0.632. The Morgan fingerprint density at radius 1 is 1.17 bits per heavy atom. The van der Waals surface area contributed by atoms with Crippen molar-refractivity contribution in [2.24, 2.45) is 0 Å². The number of nitrogens with zero attached hydrogens (tertiary/aromatic N) is 3. The number of H-pyrrole nitrogens is 1. The summed E-state index contributed by atoms with van der Waals surface area (Å²) in [5.74, 6) is 0. The minimum absolute atomic E-state index is 0.0936. The summed E-state index contributed by atoms with van der Waals surface area (Å²) in [4.78, 5) is 13.1. The summed E-state index contributed by atoms with van der Waals surface area (Å²) in [5.41, 5.74) is 3.83. The molecule has 0 radical (unpaired) electrons. The largest absolute Gasteiger partial charge is 0.383 e. The molecule has 1 fully saturated rings. The van der Waals surface area contributed by atoms with Crippen LogP contribution in [0.2, 0.25) is 0 Å². The number of aromatic amines is 1. The zero-order chi connectivity index (χ0) is 17.2. The van der Waals surface area contributed by atoms with Crippen LogP contribution in [-0.4, -0.2) is 66.2 Å². The molecule has 0 aromatic carbocycles. The van der Waals surface area contributed by atoms with Crippen LogP contribution in [0.5, 0.6) is 0 Å². The average Bonchev–Trinajstić information content (AvgIpc) is 2.93. The van der Waals surface area contributed by atoms with Gasteiger partial charge in [-0.05, 0) is 17.7 Å². The Morgan fingerprint density at radius 2 is 1.88 bits per heavy atom. The Labute approximate surface area is 145 Å². The van der Waals surface area contributed by atoms with E-state index in [1.54, 1.807) is 7.11 Å². The molecule has 24 heavy (non-hydrogen) atoms. The van der Waals surface area contributed by atoms with Gasteiger partial charge in [0.2, 0.25) is 0 Å². The van der Waals surface area contributed by atoms with Crippen LogP contribution < -0.4 is 0 Å². The third kappa shape index (κ3) is 3.79. The molecule has 5 heteroatoms. The lowest BCUT2D eigenvalue weighted by atomic mass is 9.88. The first-order valence-electron chi connectivity index (χ1n) is 8.88. The summed E-state index contributed by atoms with van der Waals surface area (Å²) in [7, 11) is 1.77. The molecule has 0 unspecified atom stereocenters. The summed E-state index contributed by atoms with van der Waals surface area (Å²) >= 11 is 0. The number of piperazine rings is 1. The summed E-state index contributed by atoms with van der Waals surface area (Å²) in [6.07, 6.45) is 1.86. The van der Waals surface area contributed by atoms with Crippen LogP contribution in [0, 0.1) is 0 Å². The molecule has 0 spiro atoms. The van der Waals surface area contributed by atoms with Gasteiger partial charge in [-0.15, -0.1) is 0 Å². The molecule has 3 heterocycles. The molecule has 0 amide bonds. The van der Waals surface area contributed by atoms with Gasteiger partial charge in [-0.1, -0.05) is 20.8 Å². The fourth-order valence-corrected chi connectivity index (χ4v) is 3.50. The van der Waals surface area contributed by atoms with E-state index in [0.29, 0.717) is 0 Å². The van der Waals surface area contributed by atoms with Gasteiger partial charge in [-0.3, -0.25) is 9.80 Å². The fourth-order valence-electron chi connectivity index (χ4n) is 3.50. The van der Waals surface area contributed by atoms with Crippen LogP contribution in [0.25, 0.3) is 11.0 Å². The van der Waals surface area contributed by atoms with Crippen molar-refractivity contribution in [3.63, 3.8) is 0 Å². The lowest BCUT2D eigenvalue weighted by Crippen LogP contribution is -2.46. The van der Waals surface area contributed by atoms with Gasteiger partial charge in [0.15, 0.2) is 0 Å². The van der Waals surface area contributed by atoms with Gasteiger partial charge in [-0.2, -0.15) is 0 Å². The van der Waals surface area contributed by atoms with Crippen molar-refractivity contribution < 1.29 is 4.74 Å². The number of pyridine rings is 1. The van der Waals surface area contributed by atoms with E-state index in [2.05, 4.69) is 46.6 Å². The number of nitrogens with one attached hydrogen (secondary N) is 1. The second-order valence-electron chi connectivity index (χ2n) is 7.74. The van der Waals surface area contributed by atoms with Crippen LogP contribution in [0.15, 0.2) is 18.3 Å². The summed E-state index contributed by atoms with van der Waals surface area (Å²) < 4.78 is 5.19. The molecule has 132 valence electrons. The van der Waals surface area contributed by atoms with E-state index in [-0.39, 0.29) is 5.41 Å². The third-order valence-corrected chi connectivity index (χ3v) is 4.89. The normalized spacial score (nSPS) is 17.7. The van der Waals surface area contributed by atoms with Crippen molar-refractivity contribution in [1.82, 2.24) is 19.8 Å². The molecule has 0 saturated carbocycles. The Bertz CT molecular complexity index is 666. The molecule has 0 atom stereocenters. The van der Waals surface area contributed by atoms with Crippen molar-refractivity contribution in [2.45, 2.75) is 32.7 Å². The number of aromatic nitrogens is 2. The number of rotatable bonds is 5. The summed E-state index contributed by atoms with van der Waals surface area (Å²) in [6.45, 7) is 14.1. The Kier molecular flexibility index (Phi) is 5.23. The molecule has 1 N–H and O–H groups in total. The van der Waals surface area contributed by atoms with E-state index in [4.69, 9.17) is 4.74 Å². The highest BCUT2D eigenvalue weighted by atomic mass is 16.5. The molecule has 0 bridgehead atoms. The first-order chi connectivity index (χ1) is 11.5. The maximum Gasteiger partial charge on any atom is 0.137 e. The van der Waals surface area contributed by atoms with Crippen molar-refractivity contribution in [3.8, 4) is 0 Å². The van der Waals surface area contributed by atoms with Crippen LogP contribution in [0.3, 0.4) is 0 Å². The molecule has 1 saturated heterocycles. The topological polar surface area (TPSA) is 44.4 Å². The molecule has 1 aliphatic rings. The second-order valence-corrected chi connectivity index (χ2v) is 7.74. The van der Waals surface area contributed by atoms with Gasteiger partial charge in [0, 0.05) is 69.1 Å². The van der Waals surface area contributed by atoms with Crippen molar-refractivity contribution >= 4 is 11.0 Å². The van der Waals surface area contributed by atoms with Gasteiger partial charge >= 0.3 is 0 Å². The van der Waals surface area contributed by atoms with E-state index in [1.807, 2.05) is 12.3 Å². The number of hydrogen-bond donors (Lipinski definition) is 1. The smallest absolute Gasteiger partial charge is 0.137 e. The Hall–Kier alpha value is -1.43. The molecular weight excluding hydrogens is 300 g/mol. The Morgan fingerprint density at radius 3 is 2.54 bits per heavy atom. The quantitative estimate of drug-likeness (QED) is 0.915. The highest BCUT2D eigenvalue weighted by molar-refractivity contribution is 5.81. The van der Waals surface area contributed by atoms with Crippen molar-refractivity contribution in [1.29, 1.82) is 0 Å². The van der Waals surface area contributed by atoms with Gasteiger partial charge in [0.1, 0.15) is 5.65 Å². The van der Waals surface area contributed by atoms with E-state index in [1.165, 1.54) is 16.6 Å². The second kappa shape index (κ2) is 7.21. The molecule has 2 aromatic heterocycles.